The van der Waals surface area contributed by atoms with Crippen LogP contribution in [-0.4, -0.2) is 70.4 Å². The van der Waals surface area contributed by atoms with Gasteiger partial charge in [0.1, 0.15) is 35.3 Å². The van der Waals surface area contributed by atoms with E-state index in [1.165, 1.54) is 4.90 Å². The molecule has 1 saturated carbocycles. The minimum Gasteiger partial charge on any atom is -0.497 e. The van der Waals surface area contributed by atoms with Crippen molar-refractivity contribution < 1.29 is 33.7 Å². The summed E-state index contributed by atoms with van der Waals surface area (Å²) in [6.45, 7) is 5.68. The van der Waals surface area contributed by atoms with Gasteiger partial charge in [-0.25, -0.2) is 14.6 Å². The Labute approximate surface area is 246 Å². The van der Waals surface area contributed by atoms with E-state index < -0.39 is 41.1 Å². The first-order valence-corrected chi connectivity index (χ1v) is 15.2. The number of hydrogen-bond donors (Lipinski definition) is 2. The lowest BCUT2D eigenvalue weighted by molar-refractivity contribution is -0.150. The summed E-state index contributed by atoms with van der Waals surface area (Å²) in [7, 11) is 1.64. The van der Waals surface area contributed by atoms with Crippen molar-refractivity contribution in [3.05, 3.63) is 29.5 Å². The molecule has 10 heteroatoms. The Bertz CT molecular complexity index is 1420. The summed E-state index contributed by atoms with van der Waals surface area (Å²) in [5, 5.41) is 14.0. The summed E-state index contributed by atoms with van der Waals surface area (Å²) in [6.07, 6.45) is 6.16. The average Bonchev–Trinajstić information content (AvgIpc) is 3.57. The third-order valence-electron chi connectivity index (χ3n) is 9.42. The van der Waals surface area contributed by atoms with Crippen LogP contribution in [0, 0.1) is 11.3 Å². The number of fused-ring (bicyclic) bond motifs is 4. The second-order valence-corrected chi connectivity index (χ2v) is 13.5. The first-order chi connectivity index (χ1) is 20.0. The van der Waals surface area contributed by atoms with E-state index in [-0.39, 0.29) is 19.1 Å². The summed E-state index contributed by atoms with van der Waals surface area (Å²) in [6, 6.07) is 3.85. The molecular formula is C32H41N3O7. The molecule has 1 aromatic carbocycles. The SMILES string of the molecule is COc1ccc2nc3c4c(c2c1)CCC1(CC(C(=O)O)N(C1)C(=O)C(C(C)(C)C)NC(=O)OC1CC1CCCCC3)O4. The molecule has 2 N–H and O–H groups in total. The molecule has 1 spiro atoms. The van der Waals surface area contributed by atoms with Crippen LogP contribution in [0.4, 0.5) is 4.79 Å². The van der Waals surface area contributed by atoms with Gasteiger partial charge >= 0.3 is 12.1 Å². The van der Waals surface area contributed by atoms with E-state index in [1.807, 2.05) is 39.0 Å². The summed E-state index contributed by atoms with van der Waals surface area (Å²) >= 11 is 0. The van der Waals surface area contributed by atoms with Crippen LogP contribution in [0.5, 0.6) is 11.5 Å². The molecule has 5 unspecified atom stereocenters. The lowest BCUT2D eigenvalue weighted by Crippen LogP contribution is -2.57. The van der Waals surface area contributed by atoms with E-state index in [2.05, 4.69) is 5.32 Å². The van der Waals surface area contributed by atoms with Crippen LogP contribution in [-0.2, 0) is 27.2 Å². The number of pyridine rings is 1. The van der Waals surface area contributed by atoms with Gasteiger partial charge in [-0.1, -0.05) is 33.6 Å². The second-order valence-electron chi connectivity index (χ2n) is 13.5. The maximum atomic E-state index is 14.1. The van der Waals surface area contributed by atoms with Crippen LogP contribution >= 0.6 is 0 Å². The number of hydrogen-bond acceptors (Lipinski definition) is 7. The number of carboxylic acid groups (broad SMARTS) is 1. The molecule has 1 aliphatic carbocycles. The quantitative estimate of drug-likeness (QED) is 0.527. The standard InChI is InChI=1S/C32H41N3O7/c1-31(2,3)27-28(36)35-17-32(16-24(35)29(37)38)13-12-20-21-15-19(40-4)10-11-22(21)33-23(26(20)42-32)9-7-5-6-8-18-14-25(18)41-30(39)34-27/h10-11,15,18,24-25,27H,5-9,12-14,16-17H2,1-4H3,(H,34,39)(H,37,38). The highest BCUT2D eigenvalue weighted by Crippen LogP contribution is 2.46. The number of methoxy groups -OCH3 is 1. The van der Waals surface area contributed by atoms with Gasteiger partial charge in [-0.3, -0.25) is 4.79 Å². The molecule has 226 valence electrons. The fraction of sp³-hybridized carbons (Fsp3) is 0.625. The van der Waals surface area contributed by atoms with Crippen molar-refractivity contribution in [2.75, 3.05) is 13.7 Å². The van der Waals surface area contributed by atoms with Crippen LogP contribution < -0.4 is 14.8 Å². The molecule has 42 heavy (non-hydrogen) atoms. The number of carbonyl (C=O) groups is 3. The van der Waals surface area contributed by atoms with Gasteiger partial charge in [0.2, 0.25) is 5.91 Å². The number of carbonyl (C=O) groups excluding carboxylic acids is 2. The van der Waals surface area contributed by atoms with Gasteiger partial charge < -0.3 is 29.5 Å². The van der Waals surface area contributed by atoms with Gasteiger partial charge in [0, 0.05) is 17.4 Å². The number of aliphatic carboxylic acids is 1. The molecule has 6 rings (SSSR count). The molecule has 3 bridgehead atoms. The normalized spacial score (nSPS) is 29.9. The smallest absolute Gasteiger partial charge is 0.408 e. The Balaban J connectivity index is 1.40. The minimum absolute atomic E-state index is 0.117. The predicted molar refractivity (Wildman–Crippen MR) is 155 cm³/mol. The Morgan fingerprint density at radius 2 is 2.00 bits per heavy atom. The molecular weight excluding hydrogens is 538 g/mol. The molecule has 2 amide bonds. The van der Waals surface area contributed by atoms with Gasteiger partial charge in [-0.15, -0.1) is 0 Å². The van der Waals surface area contributed by atoms with E-state index in [0.29, 0.717) is 18.8 Å². The van der Waals surface area contributed by atoms with E-state index >= 15 is 0 Å². The Kier molecular flexibility index (Phi) is 7.22. The van der Waals surface area contributed by atoms with Crippen molar-refractivity contribution in [1.82, 2.24) is 15.2 Å². The highest BCUT2D eigenvalue weighted by atomic mass is 16.6. The molecule has 0 radical (unpaired) electrons. The largest absolute Gasteiger partial charge is 0.497 e. The first kappa shape index (κ1) is 28.6. The van der Waals surface area contributed by atoms with E-state index in [1.54, 1.807) is 7.11 Å². The number of alkyl carbamates (subject to hydrolysis) is 1. The minimum atomic E-state index is -1.09. The third-order valence-corrected chi connectivity index (χ3v) is 9.42. The van der Waals surface area contributed by atoms with Crippen molar-refractivity contribution in [2.24, 2.45) is 11.3 Å². The highest BCUT2D eigenvalue weighted by Gasteiger charge is 2.54. The van der Waals surface area contributed by atoms with Crippen molar-refractivity contribution in [3.8, 4) is 11.5 Å². The Morgan fingerprint density at radius 1 is 1.19 bits per heavy atom. The van der Waals surface area contributed by atoms with Crippen LogP contribution in [0.1, 0.15) is 77.0 Å². The number of carboxylic acids is 1. The number of rotatable bonds is 2. The number of nitrogens with one attached hydrogen (secondary N) is 1. The van der Waals surface area contributed by atoms with Gasteiger partial charge in [0.05, 0.1) is 24.9 Å². The summed E-state index contributed by atoms with van der Waals surface area (Å²) in [5.41, 5.74) is 1.29. The molecule has 5 atom stereocenters. The van der Waals surface area contributed by atoms with E-state index in [9.17, 15) is 19.5 Å². The average molecular weight is 580 g/mol. The maximum absolute atomic E-state index is 14.1. The Hall–Kier alpha value is -3.56. The van der Waals surface area contributed by atoms with E-state index in [0.717, 1.165) is 72.2 Å². The molecule has 1 aromatic heterocycles. The molecule has 2 fully saturated rings. The number of aromatic nitrogens is 1. The lowest BCUT2D eigenvalue weighted by Gasteiger charge is -2.38. The van der Waals surface area contributed by atoms with Gasteiger partial charge in [-0.2, -0.15) is 0 Å². The van der Waals surface area contributed by atoms with Crippen LogP contribution in [0.25, 0.3) is 10.9 Å². The first-order valence-electron chi connectivity index (χ1n) is 15.2. The van der Waals surface area contributed by atoms with E-state index in [4.69, 9.17) is 19.2 Å². The summed E-state index contributed by atoms with van der Waals surface area (Å²) < 4.78 is 18.0. The molecule has 4 aliphatic rings. The van der Waals surface area contributed by atoms with Gasteiger partial charge in [-0.05, 0) is 68.1 Å². The molecule has 1 saturated heterocycles. The topological polar surface area (TPSA) is 127 Å². The molecule has 2 aromatic rings. The molecule has 3 aliphatic heterocycles. The maximum Gasteiger partial charge on any atom is 0.408 e. The molecule has 4 heterocycles. The third kappa shape index (κ3) is 5.36. The fourth-order valence-corrected chi connectivity index (χ4v) is 6.93. The zero-order valence-electron chi connectivity index (χ0n) is 24.9. The fourth-order valence-electron chi connectivity index (χ4n) is 6.93. The van der Waals surface area contributed by atoms with Crippen LogP contribution in [0.15, 0.2) is 18.2 Å². The van der Waals surface area contributed by atoms with Gasteiger partial charge in [0.15, 0.2) is 0 Å². The van der Waals surface area contributed by atoms with Crippen LogP contribution in [0.3, 0.4) is 0 Å². The number of amides is 2. The van der Waals surface area contributed by atoms with Crippen molar-refractivity contribution in [3.63, 3.8) is 0 Å². The molecule has 10 nitrogen and oxygen atoms in total. The predicted octanol–water partition coefficient (Wildman–Crippen LogP) is 4.64. The summed E-state index contributed by atoms with van der Waals surface area (Å²) in [5.74, 6) is 0.269. The zero-order chi connectivity index (χ0) is 29.8. The number of ether oxygens (including phenoxy) is 3. The summed E-state index contributed by atoms with van der Waals surface area (Å²) in [4.78, 5) is 45.9. The second kappa shape index (κ2) is 10.6. The van der Waals surface area contributed by atoms with Crippen molar-refractivity contribution in [1.29, 1.82) is 0 Å². The van der Waals surface area contributed by atoms with Crippen molar-refractivity contribution in [2.45, 2.75) is 102 Å². The van der Waals surface area contributed by atoms with Crippen LogP contribution in [0.2, 0.25) is 0 Å². The monoisotopic (exact) mass is 579 g/mol. The number of nitrogens with zero attached hydrogens (tertiary/aromatic N) is 2. The van der Waals surface area contributed by atoms with Crippen molar-refractivity contribution >= 4 is 28.9 Å². The Morgan fingerprint density at radius 3 is 2.74 bits per heavy atom. The zero-order valence-corrected chi connectivity index (χ0v) is 24.9. The number of benzene rings is 1. The number of aryl methyl sites for hydroxylation is 2. The highest BCUT2D eigenvalue weighted by molar-refractivity contribution is 5.91. The lowest BCUT2D eigenvalue weighted by atomic mass is 9.85. The van der Waals surface area contributed by atoms with Gasteiger partial charge in [0.25, 0.3) is 0 Å².